The van der Waals surface area contributed by atoms with Gasteiger partial charge < -0.3 is 14.2 Å². The molecule has 2 atom stereocenters. The fraction of sp³-hybridized carbons (Fsp3) is 0.480. The van der Waals surface area contributed by atoms with Gasteiger partial charge in [0.15, 0.2) is 0 Å². The Balaban J connectivity index is 1.75. The summed E-state index contributed by atoms with van der Waals surface area (Å²) in [6, 6.07) is 8.08. The Morgan fingerprint density at radius 3 is 2.43 bits per heavy atom. The van der Waals surface area contributed by atoms with E-state index in [-0.39, 0.29) is 11.3 Å². The Kier molecular flexibility index (Phi) is 6.66. The predicted octanol–water partition coefficient (Wildman–Crippen LogP) is 5.87. The van der Waals surface area contributed by atoms with E-state index in [0.717, 1.165) is 53.0 Å². The van der Waals surface area contributed by atoms with E-state index in [1.165, 1.54) is 12.5 Å². The lowest BCUT2D eigenvalue weighted by molar-refractivity contribution is -0.132. The number of halogens is 1. The lowest BCUT2D eigenvalue weighted by Gasteiger charge is -2.37. The highest BCUT2D eigenvalue weighted by molar-refractivity contribution is 6.20. The maximum absolute atomic E-state index is 11.5. The molecule has 0 spiro atoms. The van der Waals surface area contributed by atoms with Crippen LogP contribution >= 0.6 is 11.6 Å². The number of ether oxygens (including phenoxy) is 3. The molecule has 162 valence electrons. The summed E-state index contributed by atoms with van der Waals surface area (Å²) >= 11 is 6.07. The minimum atomic E-state index is -0.428. The molecule has 0 aliphatic carbocycles. The van der Waals surface area contributed by atoms with Gasteiger partial charge in [0.1, 0.15) is 29.5 Å². The van der Waals surface area contributed by atoms with Crippen molar-refractivity contribution in [3.8, 4) is 17.2 Å². The van der Waals surface area contributed by atoms with Crippen LogP contribution in [-0.2, 0) is 17.6 Å². The summed E-state index contributed by atoms with van der Waals surface area (Å²) < 4.78 is 18.0. The Hall–Kier alpha value is -2.20. The Morgan fingerprint density at radius 2 is 1.83 bits per heavy atom. The molecule has 2 unspecified atom stereocenters. The predicted molar refractivity (Wildman–Crippen MR) is 120 cm³/mol. The van der Waals surface area contributed by atoms with E-state index in [0.29, 0.717) is 12.4 Å². The third-order valence-corrected chi connectivity index (χ3v) is 5.95. The van der Waals surface area contributed by atoms with Crippen molar-refractivity contribution in [1.29, 1.82) is 0 Å². The van der Waals surface area contributed by atoms with Gasteiger partial charge in [-0.2, -0.15) is 0 Å². The second-order valence-corrected chi connectivity index (χ2v) is 9.32. The van der Waals surface area contributed by atoms with Crippen LogP contribution in [-0.4, -0.2) is 23.6 Å². The molecule has 0 fully saturated rings. The molecule has 30 heavy (non-hydrogen) atoms. The normalized spacial score (nSPS) is 18.9. The van der Waals surface area contributed by atoms with Crippen molar-refractivity contribution in [1.82, 2.24) is 0 Å². The first kappa shape index (κ1) is 22.5. The van der Waals surface area contributed by atoms with Gasteiger partial charge in [-0.05, 0) is 88.3 Å². The summed E-state index contributed by atoms with van der Waals surface area (Å²) in [5.74, 6) is 2.08. The zero-order valence-electron chi connectivity index (χ0n) is 18.7. The Labute approximate surface area is 184 Å². The summed E-state index contributed by atoms with van der Waals surface area (Å²) in [7, 11) is 0. The number of esters is 1. The molecular weight excluding hydrogens is 400 g/mol. The van der Waals surface area contributed by atoms with E-state index in [1.54, 1.807) is 0 Å². The van der Waals surface area contributed by atoms with Gasteiger partial charge in [-0.3, -0.25) is 4.79 Å². The molecular formula is C25H31ClO4. The number of rotatable bonds is 6. The van der Waals surface area contributed by atoms with Crippen molar-refractivity contribution < 1.29 is 19.0 Å². The van der Waals surface area contributed by atoms with Crippen molar-refractivity contribution in [2.45, 2.75) is 71.8 Å². The highest BCUT2D eigenvalue weighted by atomic mass is 35.5. The molecule has 0 bridgehead atoms. The summed E-state index contributed by atoms with van der Waals surface area (Å²) in [6.07, 6.45) is 2.51. The zero-order valence-corrected chi connectivity index (χ0v) is 19.5. The van der Waals surface area contributed by atoms with Crippen LogP contribution in [0.2, 0.25) is 0 Å². The van der Waals surface area contributed by atoms with Crippen LogP contribution in [0, 0.1) is 20.8 Å². The fourth-order valence-corrected chi connectivity index (χ4v) is 4.14. The molecule has 3 rings (SSSR count). The van der Waals surface area contributed by atoms with Crippen LogP contribution in [0.15, 0.2) is 24.3 Å². The lowest BCUT2D eigenvalue weighted by atomic mass is 9.87. The number of fused-ring (bicyclic) bond motifs is 1. The van der Waals surface area contributed by atoms with Gasteiger partial charge in [0, 0.05) is 17.9 Å². The summed E-state index contributed by atoms with van der Waals surface area (Å²) in [4.78, 5) is 11.5. The van der Waals surface area contributed by atoms with E-state index in [1.807, 2.05) is 39.8 Å². The molecule has 4 nitrogen and oxygen atoms in total. The van der Waals surface area contributed by atoms with Crippen molar-refractivity contribution in [2.24, 2.45) is 0 Å². The monoisotopic (exact) mass is 430 g/mol. The van der Waals surface area contributed by atoms with Crippen LogP contribution in [0.25, 0.3) is 0 Å². The van der Waals surface area contributed by atoms with E-state index in [4.69, 9.17) is 25.8 Å². The summed E-state index contributed by atoms with van der Waals surface area (Å²) in [6.45, 7) is 12.0. The first-order valence-electron chi connectivity index (χ1n) is 10.5. The van der Waals surface area contributed by atoms with Crippen LogP contribution in [0.5, 0.6) is 17.2 Å². The average molecular weight is 431 g/mol. The minimum absolute atomic E-state index is 0.114. The first-order valence-corrected chi connectivity index (χ1v) is 10.9. The van der Waals surface area contributed by atoms with E-state index >= 15 is 0 Å². The first-order chi connectivity index (χ1) is 14.1. The second kappa shape index (κ2) is 8.89. The summed E-state index contributed by atoms with van der Waals surface area (Å²) in [5.41, 5.74) is 4.82. The highest BCUT2D eigenvalue weighted by Crippen LogP contribution is 2.44. The maximum atomic E-state index is 11.5. The SMILES string of the molecule is CC(=O)Oc1c(C)c(C)c2c(c1C)CCC(C)(COc1ccc(CC(C)Cl)cc1)O2. The molecule has 0 radical (unpaired) electrons. The van der Waals surface area contributed by atoms with E-state index in [9.17, 15) is 4.79 Å². The molecule has 0 saturated heterocycles. The molecule has 1 aliphatic rings. The second-order valence-electron chi connectivity index (χ2n) is 8.57. The molecule has 2 aromatic carbocycles. The van der Waals surface area contributed by atoms with Crippen molar-refractivity contribution >= 4 is 17.6 Å². The van der Waals surface area contributed by atoms with Gasteiger partial charge >= 0.3 is 5.97 Å². The maximum Gasteiger partial charge on any atom is 0.308 e. The van der Waals surface area contributed by atoms with Gasteiger partial charge in [-0.25, -0.2) is 0 Å². The van der Waals surface area contributed by atoms with Gasteiger partial charge in [-0.1, -0.05) is 12.1 Å². The molecule has 1 heterocycles. The van der Waals surface area contributed by atoms with Gasteiger partial charge in [0.25, 0.3) is 0 Å². The van der Waals surface area contributed by atoms with Crippen LogP contribution < -0.4 is 14.2 Å². The standard InChI is InChI=1S/C25H31ClO4/c1-15(26)13-20-7-9-21(10-8-20)28-14-25(6)12-11-22-18(4)23(29-19(5)27)16(2)17(3)24(22)30-25/h7-10,15H,11-14H2,1-6H3. The number of hydrogen-bond donors (Lipinski definition) is 0. The van der Waals surface area contributed by atoms with E-state index in [2.05, 4.69) is 19.1 Å². The number of carbonyl (C=O) groups is 1. The number of carbonyl (C=O) groups excluding carboxylic acids is 1. The van der Waals surface area contributed by atoms with Crippen LogP contribution in [0.1, 0.15) is 55.0 Å². The average Bonchev–Trinajstić information content (AvgIpc) is 2.68. The number of benzene rings is 2. The van der Waals surface area contributed by atoms with Crippen LogP contribution in [0.3, 0.4) is 0 Å². The van der Waals surface area contributed by atoms with Crippen molar-refractivity contribution in [3.63, 3.8) is 0 Å². The molecule has 0 saturated carbocycles. The third kappa shape index (κ3) is 4.92. The third-order valence-electron chi connectivity index (χ3n) is 5.79. The topological polar surface area (TPSA) is 44.8 Å². The smallest absolute Gasteiger partial charge is 0.308 e. The Morgan fingerprint density at radius 1 is 1.17 bits per heavy atom. The lowest BCUT2D eigenvalue weighted by Crippen LogP contribution is -2.42. The zero-order chi connectivity index (χ0) is 22.1. The fourth-order valence-electron chi connectivity index (χ4n) is 3.96. The van der Waals surface area contributed by atoms with Gasteiger partial charge in [0.2, 0.25) is 0 Å². The molecule has 1 aliphatic heterocycles. The molecule has 0 N–H and O–H groups in total. The minimum Gasteiger partial charge on any atom is -0.489 e. The van der Waals surface area contributed by atoms with Crippen LogP contribution in [0.4, 0.5) is 0 Å². The quantitative estimate of drug-likeness (QED) is 0.326. The van der Waals surface area contributed by atoms with E-state index < -0.39 is 5.60 Å². The molecule has 0 amide bonds. The largest absolute Gasteiger partial charge is 0.489 e. The Bertz CT molecular complexity index is 933. The van der Waals surface area contributed by atoms with Crippen molar-refractivity contribution in [2.75, 3.05) is 6.61 Å². The highest BCUT2D eigenvalue weighted by Gasteiger charge is 2.35. The van der Waals surface area contributed by atoms with Gasteiger partial charge in [0.05, 0.1) is 0 Å². The molecule has 2 aromatic rings. The molecule has 0 aromatic heterocycles. The molecule has 5 heteroatoms. The number of hydrogen-bond acceptors (Lipinski definition) is 4. The van der Waals surface area contributed by atoms with Crippen molar-refractivity contribution in [3.05, 3.63) is 52.1 Å². The van der Waals surface area contributed by atoms with Gasteiger partial charge in [-0.15, -0.1) is 11.6 Å². The summed E-state index contributed by atoms with van der Waals surface area (Å²) in [5, 5.41) is 0.114. The number of alkyl halides is 1.